The molecule has 0 aliphatic rings. The molecule has 0 saturated heterocycles. The van der Waals surface area contributed by atoms with Crippen molar-refractivity contribution < 1.29 is 4.79 Å². The average Bonchev–Trinajstić information content (AvgIpc) is 3.30. The largest absolute Gasteiger partial charge is 0.348 e. The summed E-state index contributed by atoms with van der Waals surface area (Å²) in [5.41, 5.74) is 0.965. The van der Waals surface area contributed by atoms with Gasteiger partial charge in [0.25, 0.3) is 0 Å². The monoisotopic (exact) mass is 373 g/mol. The highest BCUT2D eigenvalue weighted by Gasteiger charge is 2.16. The van der Waals surface area contributed by atoms with Gasteiger partial charge >= 0.3 is 0 Å². The van der Waals surface area contributed by atoms with Crippen molar-refractivity contribution in [2.75, 3.05) is 5.75 Å². The highest BCUT2D eigenvalue weighted by atomic mass is 32.2. The predicted octanol–water partition coefficient (Wildman–Crippen LogP) is 3.39. The van der Waals surface area contributed by atoms with E-state index in [-0.39, 0.29) is 11.9 Å². The number of amides is 1. The zero-order valence-corrected chi connectivity index (χ0v) is 15.7. The Bertz CT molecular complexity index is 817. The molecule has 0 unspecified atom stereocenters. The molecule has 0 bridgehead atoms. The second-order valence-corrected chi connectivity index (χ2v) is 7.30. The van der Waals surface area contributed by atoms with Gasteiger partial charge in [-0.15, -0.1) is 21.5 Å². The quantitative estimate of drug-likeness (QED) is 0.643. The van der Waals surface area contributed by atoms with Crippen molar-refractivity contribution >= 4 is 29.0 Å². The Hall–Kier alpha value is -2.19. The number of carbonyl (C=O) groups excluding carboxylic acids is 1. The summed E-state index contributed by atoms with van der Waals surface area (Å²) >= 11 is 3.04. The van der Waals surface area contributed by atoms with Crippen LogP contribution in [0.3, 0.4) is 0 Å². The fourth-order valence-electron chi connectivity index (χ4n) is 2.42. The molecule has 1 amide bonds. The average molecular weight is 374 g/mol. The van der Waals surface area contributed by atoms with E-state index in [2.05, 4.69) is 20.5 Å². The van der Waals surface area contributed by atoms with Crippen molar-refractivity contribution in [2.45, 2.75) is 31.6 Å². The Morgan fingerprint density at radius 2 is 2.12 bits per heavy atom. The number of nitrogens with one attached hydrogen (secondary N) is 1. The second kappa shape index (κ2) is 8.26. The van der Waals surface area contributed by atoms with Crippen LogP contribution in [-0.2, 0) is 11.3 Å². The predicted molar refractivity (Wildman–Crippen MR) is 101 cm³/mol. The highest BCUT2D eigenvalue weighted by molar-refractivity contribution is 7.99. The summed E-state index contributed by atoms with van der Waals surface area (Å²) in [5, 5.41) is 14.3. The van der Waals surface area contributed by atoms with Crippen LogP contribution in [0, 0.1) is 0 Å². The lowest BCUT2D eigenvalue weighted by molar-refractivity contribution is -0.119. The van der Waals surface area contributed by atoms with Crippen LogP contribution in [0.2, 0.25) is 0 Å². The zero-order valence-electron chi connectivity index (χ0n) is 14.0. The molecule has 1 N–H and O–H groups in total. The number of aromatic nitrogens is 4. The maximum atomic E-state index is 12.2. The molecule has 25 heavy (non-hydrogen) atoms. The van der Waals surface area contributed by atoms with E-state index in [1.165, 1.54) is 11.8 Å². The Morgan fingerprint density at radius 1 is 1.32 bits per heavy atom. The van der Waals surface area contributed by atoms with Crippen molar-refractivity contribution in [3.8, 4) is 11.4 Å². The Kier molecular flexibility index (Phi) is 5.83. The summed E-state index contributed by atoms with van der Waals surface area (Å²) in [7, 11) is 0. The molecular formula is C17H19N5OS2. The molecule has 0 aliphatic heterocycles. The fourth-order valence-corrected chi connectivity index (χ4v) is 3.97. The first-order chi connectivity index (χ1) is 12.2. The van der Waals surface area contributed by atoms with Crippen molar-refractivity contribution in [2.24, 2.45) is 0 Å². The Labute approximate surface area is 154 Å². The molecule has 0 fully saturated rings. The van der Waals surface area contributed by atoms with Crippen molar-refractivity contribution in [3.63, 3.8) is 0 Å². The molecule has 1 atom stereocenters. The minimum Gasteiger partial charge on any atom is -0.348 e. The third kappa shape index (κ3) is 4.26. The van der Waals surface area contributed by atoms with Crippen molar-refractivity contribution in [3.05, 3.63) is 46.9 Å². The summed E-state index contributed by atoms with van der Waals surface area (Å²) in [5.74, 6) is 1.09. The van der Waals surface area contributed by atoms with E-state index < -0.39 is 0 Å². The van der Waals surface area contributed by atoms with E-state index in [0.29, 0.717) is 5.75 Å². The number of pyridine rings is 1. The zero-order chi connectivity index (χ0) is 17.6. The molecule has 0 aromatic carbocycles. The van der Waals surface area contributed by atoms with Gasteiger partial charge in [0, 0.05) is 29.4 Å². The van der Waals surface area contributed by atoms with Crippen LogP contribution in [0.25, 0.3) is 11.4 Å². The molecular weight excluding hydrogens is 354 g/mol. The topological polar surface area (TPSA) is 72.7 Å². The summed E-state index contributed by atoms with van der Waals surface area (Å²) in [4.78, 5) is 17.4. The molecule has 3 aromatic rings. The van der Waals surface area contributed by atoms with Gasteiger partial charge in [-0.25, -0.2) is 0 Å². The lowest BCUT2D eigenvalue weighted by Crippen LogP contribution is -2.27. The first-order valence-electron chi connectivity index (χ1n) is 7.98. The summed E-state index contributed by atoms with van der Waals surface area (Å²) in [6.07, 6.45) is 3.46. The van der Waals surface area contributed by atoms with E-state index in [4.69, 9.17) is 0 Å². The van der Waals surface area contributed by atoms with Gasteiger partial charge in [-0.2, -0.15) is 0 Å². The maximum Gasteiger partial charge on any atom is 0.230 e. The molecule has 0 aliphatic carbocycles. The van der Waals surface area contributed by atoms with Gasteiger partial charge in [0.2, 0.25) is 5.91 Å². The van der Waals surface area contributed by atoms with Crippen LogP contribution in [0.1, 0.15) is 24.8 Å². The van der Waals surface area contributed by atoms with Crippen LogP contribution < -0.4 is 5.32 Å². The first kappa shape index (κ1) is 17.6. The maximum absolute atomic E-state index is 12.2. The number of nitrogens with zero attached hydrogens (tertiary/aromatic N) is 4. The van der Waals surface area contributed by atoms with E-state index in [1.54, 1.807) is 23.7 Å². The van der Waals surface area contributed by atoms with Crippen molar-refractivity contribution in [1.29, 1.82) is 0 Å². The molecule has 0 radical (unpaired) electrons. The number of hydrogen-bond donors (Lipinski definition) is 1. The fraction of sp³-hybridized carbons (Fsp3) is 0.294. The van der Waals surface area contributed by atoms with Crippen LogP contribution in [0.5, 0.6) is 0 Å². The molecule has 0 spiro atoms. The number of thioether (sulfide) groups is 1. The van der Waals surface area contributed by atoms with Gasteiger partial charge in [-0.1, -0.05) is 17.8 Å². The molecule has 6 nitrogen and oxygen atoms in total. The summed E-state index contributed by atoms with van der Waals surface area (Å²) in [6.45, 7) is 4.77. The van der Waals surface area contributed by atoms with Crippen LogP contribution >= 0.6 is 23.1 Å². The number of rotatable bonds is 7. The molecule has 0 saturated carbocycles. The van der Waals surface area contributed by atoms with Gasteiger partial charge in [0.1, 0.15) is 0 Å². The standard InChI is InChI=1S/C17H19N5OS2/c1-3-22-16(13-6-8-18-9-7-13)20-21-17(22)25-11-15(23)19-12(2)14-5-4-10-24-14/h4-10,12H,3,11H2,1-2H3,(H,19,23)/t12-/m0/s1. The van der Waals surface area contributed by atoms with Crippen molar-refractivity contribution in [1.82, 2.24) is 25.1 Å². The lowest BCUT2D eigenvalue weighted by atomic mass is 10.2. The van der Waals surface area contributed by atoms with Gasteiger partial charge in [-0.3, -0.25) is 9.78 Å². The molecule has 3 aromatic heterocycles. The van der Waals surface area contributed by atoms with Crippen LogP contribution in [-0.4, -0.2) is 31.4 Å². The first-order valence-corrected chi connectivity index (χ1v) is 9.84. The number of thiophene rings is 1. The number of hydrogen-bond acceptors (Lipinski definition) is 6. The molecule has 130 valence electrons. The van der Waals surface area contributed by atoms with E-state index in [0.717, 1.165) is 28.0 Å². The second-order valence-electron chi connectivity index (χ2n) is 5.38. The summed E-state index contributed by atoms with van der Waals surface area (Å²) < 4.78 is 2.01. The molecule has 8 heteroatoms. The third-order valence-electron chi connectivity index (χ3n) is 3.65. The van der Waals surface area contributed by atoms with E-state index in [1.807, 2.05) is 48.1 Å². The van der Waals surface area contributed by atoms with Gasteiger partial charge < -0.3 is 9.88 Å². The van der Waals surface area contributed by atoms with E-state index >= 15 is 0 Å². The van der Waals surface area contributed by atoms with Gasteiger partial charge in [0.15, 0.2) is 11.0 Å². The minimum absolute atomic E-state index is 0.0120. The molecule has 3 heterocycles. The third-order valence-corrected chi connectivity index (χ3v) is 5.67. The Balaban J connectivity index is 1.63. The van der Waals surface area contributed by atoms with Gasteiger partial charge in [0.05, 0.1) is 11.8 Å². The smallest absolute Gasteiger partial charge is 0.230 e. The van der Waals surface area contributed by atoms with Crippen LogP contribution in [0.4, 0.5) is 0 Å². The minimum atomic E-state index is -0.0120. The lowest BCUT2D eigenvalue weighted by Gasteiger charge is -2.12. The normalized spacial score (nSPS) is 12.1. The van der Waals surface area contributed by atoms with Gasteiger partial charge in [-0.05, 0) is 37.4 Å². The number of carbonyl (C=O) groups is 1. The SMILES string of the molecule is CCn1c(SCC(=O)N[C@@H](C)c2cccs2)nnc1-c1ccncc1. The Morgan fingerprint density at radius 3 is 2.80 bits per heavy atom. The highest BCUT2D eigenvalue weighted by Crippen LogP contribution is 2.24. The molecule has 3 rings (SSSR count). The summed E-state index contributed by atoms with van der Waals surface area (Å²) in [6, 6.07) is 7.84. The van der Waals surface area contributed by atoms with Crippen LogP contribution in [0.15, 0.2) is 47.2 Å². The van der Waals surface area contributed by atoms with E-state index in [9.17, 15) is 4.79 Å².